The highest BCUT2D eigenvalue weighted by Gasteiger charge is 2.11. The fraction of sp³-hybridized carbons (Fsp3) is 0.133. The van der Waals surface area contributed by atoms with E-state index in [2.05, 4.69) is 15.6 Å². The SMILES string of the molecule is CCNC(=O)c1ccc(NC(=O)c2ccncc2)cc1Cl. The zero-order chi connectivity index (χ0) is 15.2. The first kappa shape index (κ1) is 15.0. The second-order valence-corrected chi connectivity index (χ2v) is 4.65. The number of aromatic nitrogens is 1. The summed E-state index contributed by atoms with van der Waals surface area (Å²) in [5, 5.41) is 5.67. The molecule has 21 heavy (non-hydrogen) atoms. The molecular formula is C15H14ClN3O2. The summed E-state index contributed by atoms with van der Waals surface area (Å²) in [6, 6.07) is 7.98. The molecule has 0 aliphatic rings. The average Bonchev–Trinajstić information content (AvgIpc) is 2.48. The fourth-order valence-electron chi connectivity index (χ4n) is 1.74. The molecule has 1 heterocycles. The van der Waals surface area contributed by atoms with Gasteiger partial charge in [-0.15, -0.1) is 0 Å². The van der Waals surface area contributed by atoms with Crippen molar-refractivity contribution in [1.82, 2.24) is 10.3 Å². The molecule has 108 valence electrons. The molecule has 2 aromatic rings. The normalized spacial score (nSPS) is 10.0. The van der Waals surface area contributed by atoms with Gasteiger partial charge in [0.2, 0.25) is 0 Å². The summed E-state index contributed by atoms with van der Waals surface area (Å²) in [6.07, 6.45) is 3.08. The van der Waals surface area contributed by atoms with Crippen molar-refractivity contribution in [2.45, 2.75) is 6.92 Å². The van der Waals surface area contributed by atoms with Gasteiger partial charge in [-0.3, -0.25) is 14.6 Å². The van der Waals surface area contributed by atoms with Crippen LogP contribution >= 0.6 is 11.6 Å². The summed E-state index contributed by atoms with van der Waals surface area (Å²) in [5.74, 6) is -0.506. The maximum Gasteiger partial charge on any atom is 0.255 e. The molecule has 0 saturated carbocycles. The molecule has 0 aliphatic heterocycles. The Morgan fingerprint density at radius 1 is 1.14 bits per heavy atom. The van der Waals surface area contributed by atoms with Crippen LogP contribution in [0.25, 0.3) is 0 Å². The number of rotatable bonds is 4. The molecule has 0 unspecified atom stereocenters. The summed E-state index contributed by atoms with van der Waals surface area (Å²) >= 11 is 6.07. The number of pyridine rings is 1. The van der Waals surface area contributed by atoms with Gasteiger partial charge >= 0.3 is 0 Å². The number of carbonyl (C=O) groups excluding carboxylic acids is 2. The molecule has 6 heteroatoms. The van der Waals surface area contributed by atoms with Crippen LogP contribution < -0.4 is 10.6 Å². The third kappa shape index (κ3) is 3.79. The van der Waals surface area contributed by atoms with Crippen LogP contribution in [0.5, 0.6) is 0 Å². The predicted octanol–water partition coefficient (Wildman–Crippen LogP) is 2.74. The van der Waals surface area contributed by atoms with Crippen molar-refractivity contribution in [1.29, 1.82) is 0 Å². The molecule has 0 spiro atoms. The first-order valence-corrected chi connectivity index (χ1v) is 6.78. The number of nitrogens with one attached hydrogen (secondary N) is 2. The molecule has 0 bridgehead atoms. The Morgan fingerprint density at radius 3 is 2.48 bits per heavy atom. The van der Waals surface area contributed by atoms with Crippen molar-refractivity contribution in [2.75, 3.05) is 11.9 Å². The van der Waals surface area contributed by atoms with Crippen molar-refractivity contribution < 1.29 is 9.59 Å². The molecule has 0 saturated heterocycles. The third-order valence-electron chi connectivity index (χ3n) is 2.75. The second-order valence-electron chi connectivity index (χ2n) is 4.24. The van der Waals surface area contributed by atoms with Gasteiger partial charge in [0.05, 0.1) is 10.6 Å². The van der Waals surface area contributed by atoms with E-state index in [-0.39, 0.29) is 16.8 Å². The van der Waals surface area contributed by atoms with Crippen LogP contribution in [-0.2, 0) is 0 Å². The summed E-state index contributed by atoms with van der Waals surface area (Å²) in [7, 11) is 0. The van der Waals surface area contributed by atoms with Crippen LogP contribution in [0.15, 0.2) is 42.7 Å². The number of hydrogen-bond donors (Lipinski definition) is 2. The predicted molar refractivity (Wildman–Crippen MR) is 81.6 cm³/mol. The van der Waals surface area contributed by atoms with E-state index < -0.39 is 0 Å². The first-order valence-electron chi connectivity index (χ1n) is 6.41. The van der Waals surface area contributed by atoms with Crippen LogP contribution in [0, 0.1) is 0 Å². The molecule has 2 N–H and O–H groups in total. The number of hydrogen-bond acceptors (Lipinski definition) is 3. The molecule has 2 amide bonds. The van der Waals surface area contributed by atoms with Crippen molar-refractivity contribution in [2.24, 2.45) is 0 Å². The largest absolute Gasteiger partial charge is 0.352 e. The molecule has 1 aromatic heterocycles. The number of anilines is 1. The minimum absolute atomic E-state index is 0.241. The van der Waals surface area contributed by atoms with Crippen LogP contribution in [0.3, 0.4) is 0 Å². The van der Waals surface area contributed by atoms with E-state index >= 15 is 0 Å². The van der Waals surface area contributed by atoms with Gasteiger partial charge in [0.15, 0.2) is 0 Å². The molecule has 0 atom stereocenters. The summed E-state index contributed by atoms with van der Waals surface area (Å²) < 4.78 is 0. The van der Waals surface area contributed by atoms with Crippen molar-refractivity contribution >= 4 is 29.1 Å². The Kier molecular flexibility index (Phi) is 4.90. The number of benzene rings is 1. The topological polar surface area (TPSA) is 71.1 Å². The molecule has 2 rings (SSSR count). The van der Waals surface area contributed by atoms with E-state index in [1.807, 2.05) is 6.92 Å². The van der Waals surface area contributed by atoms with Gasteiger partial charge in [-0.1, -0.05) is 11.6 Å². The zero-order valence-electron chi connectivity index (χ0n) is 11.4. The standard InChI is InChI=1S/C15H14ClN3O2/c1-2-18-15(21)12-4-3-11(9-13(12)16)19-14(20)10-5-7-17-8-6-10/h3-9H,2H2,1H3,(H,18,21)(H,19,20). The highest BCUT2D eigenvalue weighted by atomic mass is 35.5. The van der Waals surface area contributed by atoms with Gasteiger partial charge in [-0.05, 0) is 37.3 Å². The molecule has 1 aromatic carbocycles. The molecule has 0 fully saturated rings. The van der Waals surface area contributed by atoms with E-state index in [1.165, 1.54) is 0 Å². The van der Waals surface area contributed by atoms with E-state index in [9.17, 15) is 9.59 Å². The lowest BCUT2D eigenvalue weighted by molar-refractivity contribution is 0.0955. The highest BCUT2D eigenvalue weighted by molar-refractivity contribution is 6.34. The maximum atomic E-state index is 12.0. The van der Waals surface area contributed by atoms with Crippen LogP contribution in [-0.4, -0.2) is 23.3 Å². The number of amides is 2. The van der Waals surface area contributed by atoms with Gasteiger partial charge < -0.3 is 10.6 Å². The van der Waals surface area contributed by atoms with Crippen LogP contribution in [0.1, 0.15) is 27.6 Å². The Morgan fingerprint density at radius 2 is 1.86 bits per heavy atom. The minimum atomic E-state index is -0.265. The highest BCUT2D eigenvalue weighted by Crippen LogP contribution is 2.21. The van der Waals surface area contributed by atoms with E-state index in [4.69, 9.17) is 11.6 Å². The van der Waals surface area contributed by atoms with Gasteiger partial charge in [0, 0.05) is 30.2 Å². The summed E-state index contributed by atoms with van der Waals surface area (Å²) in [4.78, 5) is 27.6. The Balaban J connectivity index is 2.14. The lowest BCUT2D eigenvalue weighted by Gasteiger charge is -2.08. The fourth-order valence-corrected chi connectivity index (χ4v) is 2.01. The van der Waals surface area contributed by atoms with E-state index in [1.54, 1.807) is 42.7 Å². The smallest absolute Gasteiger partial charge is 0.255 e. The summed E-state index contributed by atoms with van der Waals surface area (Å²) in [6.45, 7) is 2.35. The van der Waals surface area contributed by atoms with Gasteiger partial charge in [-0.25, -0.2) is 0 Å². The maximum absolute atomic E-state index is 12.0. The number of nitrogens with zero attached hydrogens (tertiary/aromatic N) is 1. The van der Waals surface area contributed by atoms with Gasteiger partial charge in [-0.2, -0.15) is 0 Å². The summed E-state index contributed by atoms with van der Waals surface area (Å²) in [5.41, 5.74) is 1.39. The van der Waals surface area contributed by atoms with Crippen molar-refractivity contribution in [3.05, 3.63) is 58.9 Å². The average molecular weight is 304 g/mol. The zero-order valence-corrected chi connectivity index (χ0v) is 12.1. The first-order chi connectivity index (χ1) is 10.1. The van der Waals surface area contributed by atoms with Gasteiger partial charge in [0.1, 0.15) is 0 Å². The number of carbonyl (C=O) groups is 2. The van der Waals surface area contributed by atoms with E-state index in [0.29, 0.717) is 23.4 Å². The van der Waals surface area contributed by atoms with Crippen LogP contribution in [0.2, 0.25) is 5.02 Å². The molecular weight excluding hydrogens is 290 g/mol. The molecule has 0 aliphatic carbocycles. The second kappa shape index (κ2) is 6.85. The van der Waals surface area contributed by atoms with Crippen molar-refractivity contribution in [3.8, 4) is 0 Å². The Hall–Kier alpha value is -2.40. The lowest BCUT2D eigenvalue weighted by atomic mass is 10.1. The van der Waals surface area contributed by atoms with Crippen LogP contribution in [0.4, 0.5) is 5.69 Å². The number of halogens is 1. The van der Waals surface area contributed by atoms with E-state index in [0.717, 1.165) is 0 Å². The minimum Gasteiger partial charge on any atom is -0.352 e. The Bertz CT molecular complexity index is 659. The van der Waals surface area contributed by atoms with Gasteiger partial charge in [0.25, 0.3) is 11.8 Å². The van der Waals surface area contributed by atoms with Crippen molar-refractivity contribution in [3.63, 3.8) is 0 Å². The Labute approximate surface area is 127 Å². The third-order valence-corrected chi connectivity index (χ3v) is 3.06. The monoisotopic (exact) mass is 303 g/mol. The quantitative estimate of drug-likeness (QED) is 0.912. The lowest BCUT2D eigenvalue weighted by Crippen LogP contribution is -2.23. The molecule has 0 radical (unpaired) electrons. The molecule has 5 nitrogen and oxygen atoms in total.